The van der Waals surface area contributed by atoms with Gasteiger partial charge in [-0.15, -0.1) is 0 Å². The molecule has 1 saturated carbocycles. The number of piperazine rings is 1. The van der Waals surface area contributed by atoms with Crippen LogP contribution in [0.5, 0.6) is 0 Å². The van der Waals surface area contributed by atoms with Crippen LogP contribution in [-0.4, -0.2) is 49.3 Å². The molecule has 1 heterocycles. The lowest BCUT2D eigenvalue weighted by molar-refractivity contribution is 0.0185. The Morgan fingerprint density at radius 1 is 1.25 bits per heavy atom. The highest BCUT2D eigenvalue weighted by Crippen LogP contribution is 2.41. The summed E-state index contributed by atoms with van der Waals surface area (Å²) in [5.74, 6) is 2.24. The molecule has 0 spiro atoms. The molecule has 1 saturated heterocycles. The number of hydrogen-bond acceptors (Lipinski definition) is 3. The average molecular weight is 282 g/mol. The predicted molar refractivity (Wildman–Crippen MR) is 85.0 cm³/mol. The summed E-state index contributed by atoms with van der Waals surface area (Å²) in [6.45, 7) is 16.7. The zero-order valence-corrected chi connectivity index (χ0v) is 14.1. The zero-order valence-electron chi connectivity index (χ0n) is 14.1. The van der Waals surface area contributed by atoms with E-state index in [2.05, 4.69) is 44.8 Å². The van der Waals surface area contributed by atoms with Gasteiger partial charge in [0.2, 0.25) is 0 Å². The molecule has 2 rings (SSSR count). The summed E-state index contributed by atoms with van der Waals surface area (Å²) < 4.78 is 5.81. The molecule has 0 aromatic carbocycles. The van der Waals surface area contributed by atoms with E-state index in [-0.39, 0.29) is 0 Å². The van der Waals surface area contributed by atoms with Crippen molar-refractivity contribution in [2.24, 2.45) is 17.8 Å². The van der Waals surface area contributed by atoms with Crippen molar-refractivity contribution in [3.8, 4) is 0 Å². The molecule has 0 aromatic rings. The molecule has 2 fully saturated rings. The molecule has 1 aliphatic carbocycles. The van der Waals surface area contributed by atoms with Crippen molar-refractivity contribution in [1.29, 1.82) is 0 Å². The molecule has 1 aliphatic heterocycles. The minimum Gasteiger partial charge on any atom is -0.380 e. The van der Waals surface area contributed by atoms with Crippen molar-refractivity contribution in [3.63, 3.8) is 0 Å². The molecule has 118 valence electrons. The van der Waals surface area contributed by atoms with Crippen LogP contribution in [0.2, 0.25) is 0 Å². The molecule has 3 nitrogen and oxygen atoms in total. The van der Waals surface area contributed by atoms with E-state index in [1.165, 1.54) is 19.4 Å². The predicted octanol–water partition coefficient (Wildman–Crippen LogP) is 2.76. The maximum Gasteiger partial charge on any atom is 0.0593 e. The van der Waals surface area contributed by atoms with Crippen LogP contribution in [0.3, 0.4) is 0 Å². The molecule has 20 heavy (non-hydrogen) atoms. The Morgan fingerprint density at radius 2 is 1.95 bits per heavy atom. The van der Waals surface area contributed by atoms with Crippen molar-refractivity contribution >= 4 is 0 Å². The third-order valence-electron chi connectivity index (χ3n) is 4.94. The summed E-state index contributed by atoms with van der Waals surface area (Å²) in [6, 6.07) is 0.657. The maximum absolute atomic E-state index is 5.81. The summed E-state index contributed by atoms with van der Waals surface area (Å²) >= 11 is 0. The summed E-state index contributed by atoms with van der Waals surface area (Å²) in [5, 5.41) is 3.84. The average Bonchev–Trinajstić information content (AvgIpc) is 3.18. The van der Waals surface area contributed by atoms with Crippen molar-refractivity contribution in [1.82, 2.24) is 10.2 Å². The van der Waals surface area contributed by atoms with Crippen LogP contribution in [0.1, 0.15) is 47.5 Å². The summed E-state index contributed by atoms with van der Waals surface area (Å²) in [6.07, 6.45) is 2.82. The quantitative estimate of drug-likeness (QED) is 0.727. The molecule has 0 bridgehead atoms. The highest BCUT2D eigenvalue weighted by Gasteiger charge is 2.46. The lowest BCUT2D eigenvalue weighted by Gasteiger charge is -2.48. The van der Waals surface area contributed by atoms with E-state index in [1.54, 1.807) is 0 Å². The molecule has 0 amide bonds. The fourth-order valence-electron chi connectivity index (χ4n) is 3.46. The van der Waals surface area contributed by atoms with Crippen molar-refractivity contribution < 1.29 is 4.74 Å². The van der Waals surface area contributed by atoms with E-state index < -0.39 is 0 Å². The van der Waals surface area contributed by atoms with Gasteiger partial charge in [-0.3, -0.25) is 4.90 Å². The van der Waals surface area contributed by atoms with Gasteiger partial charge in [-0.05, 0) is 37.5 Å². The lowest BCUT2D eigenvalue weighted by Crippen LogP contribution is -2.65. The Morgan fingerprint density at radius 3 is 2.50 bits per heavy atom. The van der Waals surface area contributed by atoms with Gasteiger partial charge in [-0.2, -0.15) is 0 Å². The van der Waals surface area contributed by atoms with Crippen LogP contribution in [0.4, 0.5) is 0 Å². The monoisotopic (exact) mass is 282 g/mol. The molecule has 2 atom stereocenters. The van der Waals surface area contributed by atoms with Crippen LogP contribution in [-0.2, 0) is 4.74 Å². The molecule has 1 N–H and O–H groups in total. The fraction of sp³-hybridized carbons (Fsp3) is 1.00. The molecular formula is C17H34N2O. The van der Waals surface area contributed by atoms with Crippen molar-refractivity contribution in [2.75, 3.05) is 32.8 Å². The largest absolute Gasteiger partial charge is 0.380 e. The summed E-state index contributed by atoms with van der Waals surface area (Å²) in [5.41, 5.74) is 0.337. The van der Waals surface area contributed by atoms with E-state index in [4.69, 9.17) is 4.74 Å². The Kier molecular flexibility index (Phi) is 5.49. The second-order valence-corrected chi connectivity index (χ2v) is 7.82. The van der Waals surface area contributed by atoms with E-state index in [0.29, 0.717) is 23.4 Å². The van der Waals surface area contributed by atoms with Gasteiger partial charge in [0.25, 0.3) is 0 Å². The topological polar surface area (TPSA) is 24.5 Å². The van der Waals surface area contributed by atoms with Crippen molar-refractivity contribution in [2.45, 2.75) is 59.0 Å². The first-order valence-corrected chi connectivity index (χ1v) is 8.49. The second kappa shape index (κ2) is 6.76. The third-order valence-corrected chi connectivity index (χ3v) is 4.94. The summed E-state index contributed by atoms with van der Waals surface area (Å²) in [7, 11) is 0. The van der Waals surface area contributed by atoms with Crippen molar-refractivity contribution in [3.05, 3.63) is 0 Å². The number of rotatable bonds is 7. The van der Waals surface area contributed by atoms with Gasteiger partial charge in [-0.25, -0.2) is 0 Å². The van der Waals surface area contributed by atoms with Gasteiger partial charge < -0.3 is 10.1 Å². The summed E-state index contributed by atoms with van der Waals surface area (Å²) in [4.78, 5) is 2.68. The van der Waals surface area contributed by atoms with Crippen LogP contribution in [0.15, 0.2) is 0 Å². The van der Waals surface area contributed by atoms with E-state index in [9.17, 15) is 0 Å². The molecule has 0 radical (unpaired) electrons. The van der Waals surface area contributed by atoms with Crippen LogP contribution in [0, 0.1) is 17.8 Å². The van der Waals surface area contributed by atoms with Crippen LogP contribution in [0.25, 0.3) is 0 Å². The normalized spacial score (nSPS) is 32.2. The zero-order chi connectivity index (χ0) is 14.8. The Bertz CT molecular complexity index is 301. The first-order valence-electron chi connectivity index (χ1n) is 8.49. The number of nitrogens with zero attached hydrogens (tertiary/aromatic N) is 1. The second-order valence-electron chi connectivity index (χ2n) is 7.82. The first-order chi connectivity index (χ1) is 9.42. The van der Waals surface area contributed by atoms with E-state index in [1.807, 2.05) is 0 Å². The number of ether oxygens (including phenoxy) is 1. The minimum absolute atomic E-state index is 0.337. The molecular weight excluding hydrogens is 248 g/mol. The van der Waals surface area contributed by atoms with Crippen LogP contribution >= 0.6 is 0 Å². The highest BCUT2D eigenvalue weighted by molar-refractivity contribution is 5.04. The van der Waals surface area contributed by atoms with Gasteiger partial charge in [-0.1, -0.05) is 27.7 Å². The third kappa shape index (κ3) is 4.19. The van der Waals surface area contributed by atoms with Gasteiger partial charge in [0.05, 0.1) is 6.61 Å². The lowest BCUT2D eigenvalue weighted by atomic mass is 9.88. The molecule has 2 aliphatic rings. The van der Waals surface area contributed by atoms with Gasteiger partial charge >= 0.3 is 0 Å². The van der Waals surface area contributed by atoms with Gasteiger partial charge in [0.15, 0.2) is 0 Å². The number of nitrogens with one attached hydrogen (secondary N) is 1. The molecule has 3 heteroatoms. The SMILES string of the molecule is CC(C)COCCN1CC(C)(C2CC2)NCC1C(C)C. The fourth-order valence-corrected chi connectivity index (χ4v) is 3.46. The van der Waals surface area contributed by atoms with Gasteiger partial charge in [0, 0.05) is 37.8 Å². The van der Waals surface area contributed by atoms with Crippen LogP contribution < -0.4 is 5.32 Å². The standard InChI is InChI=1S/C17H34N2O/c1-13(2)11-20-9-8-19-12-17(5,15-6-7-15)18-10-16(19)14(3)4/h13-16,18H,6-12H2,1-5H3. The smallest absolute Gasteiger partial charge is 0.0593 e. The molecule has 2 unspecified atom stereocenters. The number of hydrogen-bond donors (Lipinski definition) is 1. The van der Waals surface area contributed by atoms with Gasteiger partial charge in [0.1, 0.15) is 0 Å². The van der Waals surface area contributed by atoms with E-state index in [0.717, 1.165) is 32.2 Å². The Labute approximate surface area is 125 Å². The molecule has 0 aromatic heterocycles. The van der Waals surface area contributed by atoms with E-state index >= 15 is 0 Å². The minimum atomic E-state index is 0.337. The Hall–Kier alpha value is -0.120. The highest BCUT2D eigenvalue weighted by atomic mass is 16.5. The maximum atomic E-state index is 5.81. The first kappa shape index (κ1) is 16.3. The Balaban J connectivity index is 1.86.